The minimum Gasteiger partial charge on any atom is -0.456 e. The maximum Gasteiger partial charge on any atom is 0.180 e. The zero-order valence-corrected chi connectivity index (χ0v) is 30.0. The number of para-hydroxylation sites is 2. The highest BCUT2D eigenvalue weighted by Crippen LogP contribution is 2.41. The molecule has 0 saturated carbocycles. The summed E-state index contributed by atoms with van der Waals surface area (Å²) >= 11 is 0. The van der Waals surface area contributed by atoms with Crippen molar-refractivity contribution in [3.63, 3.8) is 0 Å². The molecule has 0 atom stereocenters. The van der Waals surface area contributed by atoms with Crippen LogP contribution in [0.5, 0.6) is 0 Å². The second-order valence-electron chi connectivity index (χ2n) is 14.0. The smallest absolute Gasteiger partial charge is 0.180 e. The summed E-state index contributed by atoms with van der Waals surface area (Å²) in [5.74, 6) is 2.26. The first kappa shape index (κ1) is 31.4. The SMILES string of the molecule is c1ccc(-c2nc(-c3ccc4c(c3)oc3cccc(-c5nc(-c6ccccc6)c6oc7ccccc7c6n5)c34)nc(-c3ccc4oc5ccccc5c4c3)n2)cc1. The van der Waals surface area contributed by atoms with E-state index in [9.17, 15) is 0 Å². The Morgan fingerprint density at radius 2 is 0.912 bits per heavy atom. The zero-order valence-electron chi connectivity index (χ0n) is 30.0. The number of aromatic nitrogens is 5. The number of hydrogen-bond acceptors (Lipinski definition) is 8. The topological polar surface area (TPSA) is 104 Å². The molecule has 0 amide bonds. The first-order chi connectivity index (χ1) is 28.2. The van der Waals surface area contributed by atoms with E-state index in [0.717, 1.165) is 88.3 Å². The lowest BCUT2D eigenvalue weighted by atomic mass is 10.0. The molecule has 0 spiro atoms. The van der Waals surface area contributed by atoms with Gasteiger partial charge in [0.1, 0.15) is 39.1 Å². The predicted octanol–water partition coefficient (Wildman–Crippen LogP) is 12.7. The molecule has 0 bridgehead atoms. The molecule has 0 N–H and O–H groups in total. The Bertz CT molecular complexity index is 3530. The fourth-order valence-electron chi connectivity index (χ4n) is 7.87. The van der Waals surface area contributed by atoms with Gasteiger partial charge in [-0.25, -0.2) is 24.9 Å². The van der Waals surface area contributed by atoms with E-state index in [1.807, 2.05) is 146 Å². The lowest BCUT2D eigenvalue weighted by molar-refractivity contribution is 0.667. The van der Waals surface area contributed by atoms with Gasteiger partial charge in [0.2, 0.25) is 0 Å². The molecule has 7 aromatic carbocycles. The number of fused-ring (bicyclic) bond motifs is 9. The van der Waals surface area contributed by atoms with E-state index >= 15 is 0 Å². The first-order valence-electron chi connectivity index (χ1n) is 18.7. The molecule has 0 radical (unpaired) electrons. The fraction of sp³-hybridized carbons (Fsp3) is 0. The lowest BCUT2D eigenvalue weighted by Gasteiger charge is -2.09. The number of hydrogen-bond donors (Lipinski definition) is 0. The number of furan rings is 3. The van der Waals surface area contributed by atoms with Crippen LogP contribution >= 0.6 is 0 Å². The summed E-state index contributed by atoms with van der Waals surface area (Å²) in [6, 6.07) is 54.3. The molecule has 0 fully saturated rings. The molecule has 57 heavy (non-hydrogen) atoms. The van der Waals surface area contributed by atoms with Crippen molar-refractivity contribution < 1.29 is 13.3 Å². The summed E-state index contributed by atoms with van der Waals surface area (Å²) in [4.78, 5) is 25.4. The Labute approximate surface area is 323 Å². The number of nitrogens with zero attached hydrogens (tertiary/aromatic N) is 5. The lowest BCUT2D eigenvalue weighted by Crippen LogP contribution is -2.00. The fourth-order valence-corrected chi connectivity index (χ4v) is 7.87. The van der Waals surface area contributed by atoms with E-state index in [-0.39, 0.29) is 0 Å². The summed E-state index contributed by atoms with van der Waals surface area (Å²) in [5.41, 5.74) is 10.4. The van der Waals surface area contributed by atoms with Crippen molar-refractivity contribution in [2.24, 2.45) is 0 Å². The zero-order chi connectivity index (χ0) is 37.5. The quantitative estimate of drug-likeness (QED) is 0.172. The Hall–Kier alpha value is -7.97. The van der Waals surface area contributed by atoms with Gasteiger partial charge in [-0.15, -0.1) is 0 Å². The highest BCUT2D eigenvalue weighted by Gasteiger charge is 2.22. The van der Waals surface area contributed by atoms with Gasteiger partial charge in [-0.05, 0) is 54.6 Å². The van der Waals surface area contributed by atoms with Crippen LogP contribution in [0, 0.1) is 0 Å². The third-order valence-electron chi connectivity index (χ3n) is 10.6. The molecule has 0 aliphatic rings. The molecule has 0 aliphatic heterocycles. The van der Waals surface area contributed by atoms with Gasteiger partial charge < -0.3 is 13.3 Å². The molecule has 5 aromatic heterocycles. The highest BCUT2D eigenvalue weighted by molar-refractivity contribution is 6.14. The highest BCUT2D eigenvalue weighted by atomic mass is 16.3. The van der Waals surface area contributed by atoms with Gasteiger partial charge in [0.05, 0.1) is 0 Å². The minimum atomic E-state index is 0.534. The van der Waals surface area contributed by atoms with E-state index < -0.39 is 0 Å². The summed E-state index contributed by atoms with van der Waals surface area (Å²) in [6.45, 7) is 0. The van der Waals surface area contributed by atoms with E-state index in [4.69, 9.17) is 38.2 Å². The van der Waals surface area contributed by atoms with Crippen molar-refractivity contribution in [1.29, 1.82) is 0 Å². The maximum atomic E-state index is 6.59. The Morgan fingerprint density at radius 1 is 0.316 bits per heavy atom. The standard InChI is InChI=1S/C49H27N5O3/c1-3-12-28(13-4-1)43-45-44(34-17-8-10-20-38(34)57-45)51-49(50-43)35-18-11-21-40-42(35)33-24-22-31(27-41(33)56-40)48-53-46(29-14-5-2-6-15-29)52-47(54-48)30-23-25-39-36(26-30)32-16-7-9-19-37(32)55-39/h1-27H. The van der Waals surface area contributed by atoms with Crippen molar-refractivity contribution in [2.45, 2.75) is 0 Å². The molecular weight excluding hydrogens is 707 g/mol. The average molecular weight is 734 g/mol. The minimum absolute atomic E-state index is 0.534. The van der Waals surface area contributed by atoms with Crippen LogP contribution in [0.2, 0.25) is 0 Å². The molecule has 0 unspecified atom stereocenters. The van der Waals surface area contributed by atoms with Crippen LogP contribution in [0.4, 0.5) is 0 Å². The van der Waals surface area contributed by atoms with Crippen LogP contribution in [-0.2, 0) is 0 Å². The van der Waals surface area contributed by atoms with Crippen LogP contribution < -0.4 is 0 Å². The van der Waals surface area contributed by atoms with E-state index in [0.29, 0.717) is 34.5 Å². The van der Waals surface area contributed by atoms with Crippen LogP contribution in [0.15, 0.2) is 177 Å². The largest absolute Gasteiger partial charge is 0.456 e. The Balaban J connectivity index is 1.03. The first-order valence-corrected chi connectivity index (χ1v) is 18.7. The monoisotopic (exact) mass is 733 g/mol. The summed E-state index contributed by atoms with van der Waals surface area (Å²) in [7, 11) is 0. The van der Waals surface area contributed by atoms with E-state index in [1.54, 1.807) is 0 Å². The van der Waals surface area contributed by atoms with Crippen molar-refractivity contribution in [2.75, 3.05) is 0 Å². The molecule has 12 rings (SSSR count). The molecular formula is C49H27N5O3. The molecule has 12 aromatic rings. The van der Waals surface area contributed by atoms with Gasteiger partial charge in [0.15, 0.2) is 28.9 Å². The molecule has 5 heterocycles. The van der Waals surface area contributed by atoms with E-state index in [1.165, 1.54) is 0 Å². The molecule has 8 nitrogen and oxygen atoms in total. The summed E-state index contributed by atoms with van der Waals surface area (Å²) < 4.78 is 19.1. The van der Waals surface area contributed by atoms with Gasteiger partial charge in [0.25, 0.3) is 0 Å². The molecule has 0 aliphatic carbocycles. The van der Waals surface area contributed by atoms with Gasteiger partial charge in [-0.3, -0.25) is 0 Å². The van der Waals surface area contributed by atoms with Crippen LogP contribution in [0.25, 0.3) is 123 Å². The molecule has 0 saturated heterocycles. The normalized spacial score (nSPS) is 11.9. The van der Waals surface area contributed by atoms with Crippen molar-refractivity contribution in [3.8, 4) is 56.8 Å². The summed E-state index contributed by atoms with van der Waals surface area (Å²) in [6.07, 6.45) is 0. The Kier molecular flexibility index (Phi) is 6.76. The van der Waals surface area contributed by atoms with Crippen LogP contribution in [0.3, 0.4) is 0 Å². The number of rotatable bonds is 5. The molecule has 8 heteroatoms. The van der Waals surface area contributed by atoms with Crippen LogP contribution in [0.1, 0.15) is 0 Å². The van der Waals surface area contributed by atoms with Gasteiger partial charge in [-0.2, -0.15) is 0 Å². The van der Waals surface area contributed by atoms with Crippen molar-refractivity contribution in [1.82, 2.24) is 24.9 Å². The van der Waals surface area contributed by atoms with Gasteiger partial charge in [-0.1, -0.05) is 109 Å². The third-order valence-corrected chi connectivity index (χ3v) is 10.6. The third kappa shape index (κ3) is 5.04. The second-order valence-corrected chi connectivity index (χ2v) is 14.0. The van der Waals surface area contributed by atoms with Crippen molar-refractivity contribution in [3.05, 3.63) is 164 Å². The molecule has 266 valence electrons. The summed E-state index contributed by atoms with van der Waals surface area (Å²) in [5, 5.41) is 4.84. The predicted molar refractivity (Wildman–Crippen MR) is 224 cm³/mol. The van der Waals surface area contributed by atoms with Crippen LogP contribution in [-0.4, -0.2) is 24.9 Å². The Morgan fingerprint density at radius 3 is 1.70 bits per heavy atom. The van der Waals surface area contributed by atoms with Gasteiger partial charge in [0, 0.05) is 54.7 Å². The second kappa shape index (κ2) is 12.3. The van der Waals surface area contributed by atoms with Crippen molar-refractivity contribution >= 4 is 65.9 Å². The van der Waals surface area contributed by atoms with Gasteiger partial charge >= 0.3 is 0 Å². The number of benzene rings is 7. The maximum absolute atomic E-state index is 6.59. The average Bonchev–Trinajstić information content (AvgIpc) is 3.97. The van der Waals surface area contributed by atoms with E-state index in [2.05, 4.69) is 18.2 Å².